The highest BCUT2D eigenvalue weighted by Crippen LogP contribution is 2.33. The van der Waals surface area contributed by atoms with Gasteiger partial charge in [-0.1, -0.05) is 82.4 Å². The van der Waals surface area contributed by atoms with Crippen LogP contribution >= 0.6 is 0 Å². The standard InChI is InChI=1S/C47H68N8O5/c1-5-36(33(2)3)28-43(56)42(27-35-16-10-7-11-17-35)52(4)46(59)38(29-37-30-49-31-50-37)44(57)39(26-34-14-8-6-9-15-34)51-45(58)40-18-13-22-55(40)47(60)41-19-12-21-54(41)25-24-53-23-20-48-32-53/h5-6,8-9,14-15,20,23,30-33,35-36,38-43,56H,1,7,10-13,16-19,21-22,24-29H2,2-4H3,(H,49,50)(H,51,58)/t36-,38-,39-,40-,41+,42-,43-/m0/s1. The largest absolute Gasteiger partial charge is 0.391 e. The van der Waals surface area contributed by atoms with Gasteiger partial charge in [0, 0.05) is 57.4 Å². The molecule has 3 fully saturated rings. The van der Waals surface area contributed by atoms with Crippen LogP contribution in [-0.4, -0.2) is 120 Å². The minimum Gasteiger partial charge on any atom is -0.391 e. The molecule has 0 radical (unpaired) electrons. The van der Waals surface area contributed by atoms with Gasteiger partial charge in [-0.3, -0.25) is 24.1 Å². The molecule has 326 valence electrons. The number of allylic oxidation sites excluding steroid dienone is 1. The van der Waals surface area contributed by atoms with E-state index in [0.717, 1.165) is 57.2 Å². The number of likely N-dealkylation sites (N-methyl/N-ethyl adjacent to an activating group) is 1. The number of aromatic nitrogens is 4. The van der Waals surface area contributed by atoms with Crippen LogP contribution in [0.25, 0.3) is 0 Å². The van der Waals surface area contributed by atoms with Crippen molar-refractivity contribution in [2.75, 3.05) is 26.7 Å². The summed E-state index contributed by atoms with van der Waals surface area (Å²) >= 11 is 0. The highest BCUT2D eigenvalue weighted by molar-refractivity contribution is 6.05. The fraction of sp³-hybridized carbons (Fsp3) is 0.617. The molecule has 2 saturated heterocycles. The summed E-state index contributed by atoms with van der Waals surface area (Å²) in [6, 6.07) is 6.92. The normalized spacial score (nSPS) is 21.3. The molecule has 13 heteroatoms. The van der Waals surface area contributed by atoms with E-state index < -0.39 is 41.8 Å². The molecule has 0 bridgehead atoms. The zero-order valence-corrected chi connectivity index (χ0v) is 36.0. The molecule has 13 nitrogen and oxygen atoms in total. The molecule has 3 N–H and O–H groups in total. The van der Waals surface area contributed by atoms with Crippen LogP contribution in [0.4, 0.5) is 0 Å². The first-order valence-corrected chi connectivity index (χ1v) is 22.5. The monoisotopic (exact) mass is 825 g/mol. The van der Waals surface area contributed by atoms with Crippen molar-refractivity contribution >= 4 is 23.5 Å². The Kier molecular flexibility index (Phi) is 16.3. The van der Waals surface area contributed by atoms with Crippen molar-refractivity contribution < 1.29 is 24.3 Å². The first kappa shape index (κ1) is 44.9. The van der Waals surface area contributed by atoms with Crippen molar-refractivity contribution in [2.24, 2.45) is 23.7 Å². The Morgan fingerprint density at radius 1 is 0.967 bits per heavy atom. The summed E-state index contributed by atoms with van der Waals surface area (Å²) in [4.78, 5) is 75.8. The van der Waals surface area contributed by atoms with Gasteiger partial charge in [0.15, 0.2) is 5.78 Å². The number of likely N-dealkylation sites (tertiary alicyclic amines) is 2. The second-order valence-corrected chi connectivity index (χ2v) is 17.9. The van der Waals surface area contributed by atoms with Crippen LogP contribution in [0, 0.1) is 23.7 Å². The van der Waals surface area contributed by atoms with Gasteiger partial charge in [-0.25, -0.2) is 9.97 Å². The van der Waals surface area contributed by atoms with E-state index in [0.29, 0.717) is 50.4 Å². The van der Waals surface area contributed by atoms with Gasteiger partial charge in [-0.05, 0) is 74.8 Å². The molecule has 3 amide bonds. The van der Waals surface area contributed by atoms with Crippen molar-refractivity contribution in [1.29, 1.82) is 0 Å². The molecule has 0 spiro atoms. The first-order valence-electron chi connectivity index (χ1n) is 22.5. The van der Waals surface area contributed by atoms with E-state index in [1.54, 1.807) is 35.6 Å². The summed E-state index contributed by atoms with van der Waals surface area (Å²) in [6.45, 7) is 11.0. The summed E-state index contributed by atoms with van der Waals surface area (Å²) in [7, 11) is 1.72. The van der Waals surface area contributed by atoms with Gasteiger partial charge in [-0.2, -0.15) is 0 Å². The summed E-state index contributed by atoms with van der Waals surface area (Å²) in [5.41, 5.74) is 1.46. The van der Waals surface area contributed by atoms with Crippen molar-refractivity contribution in [1.82, 2.24) is 39.5 Å². The van der Waals surface area contributed by atoms with Gasteiger partial charge in [0.1, 0.15) is 12.0 Å². The lowest BCUT2D eigenvalue weighted by molar-refractivity contribution is -0.146. The van der Waals surface area contributed by atoms with E-state index in [-0.39, 0.29) is 42.5 Å². The SMILES string of the molecule is C=C[C@@H](C[C@H](O)[C@H](CC1CCCCC1)N(C)C(=O)[C@@H](Cc1cnc[nH]1)C(=O)[C@H](Cc1ccccc1)NC(=O)[C@@H]1CCCN1C(=O)[C@H]1CCCN1CCn1ccnc1)C(C)C. The van der Waals surface area contributed by atoms with E-state index in [2.05, 4.69) is 45.6 Å². The van der Waals surface area contributed by atoms with Crippen LogP contribution < -0.4 is 5.32 Å². The van der Waals surface area contributed by atoms with Gasteiger partial charge in [-0.15, -0.1) is 6.58 Å². The molecule has 2 aromatic heterocycles. The molecule has 1 aromatic carbocycles. The van der Waals surface area contributed by atoms with E-state index in [9.17, 15) is 19.5 Å². The van der Waals surface area contributed by atoms with Crippen molar-refractivity contribution in [3.63, 3.8) is 0 Å². The number of H-pyrrole nitrogens is 1. The van der Waals surface area contributed by atoms with Crippen molar-refractivity contribution in [2.45, 2.75) is 134 Å². The molecule has 2 aliphatic heterocycles. The number of nitrogens with one attached hydrogen (secondary N) is 2. The molecule has 7 atom stereocenters. The maximum atomic E-state index is 15.1. The first-order chi connectivity index (χ1) is 29.0. The number of carbonyl (C=O) groups excluding carboxylic acids is 4. The number of hydrogen-bond donors (Lipinski definition) is 3. The number of ketones is 1. The predicted molar refractivity (Wildman–Crippen MR) is 231 cm³/mol. The third-order valence-corrected chi connectivity index (χ3v) is 13.5. The maximum Gasteiger partial charge on any atom is 0.243 e. The van der Waals surface area contributed by atoms with Crippen molar-refractivity contribution in [3.8, 4) is 0 Å². The number of aliphatic hydroxyl groups is 1. The van der Waals surface area contributed by atoms with Gasteiger partial charge in [0.2, 0.25) is 17.7 Å². The highest BCUT2D eigenvalue weighted by Gasteiger charge is 2.43. The van der Waals surface area contributed by atoms with Gasteiger partial charge < -0.3 is 29.8 Å². The number of amides is 3. The Morgan fingerprint density at radius 3 is 2.40 bits per heavy atom. The quantitative estimate of drug-likeness (QED) is 0.0976. The molecule has 6 rings (SSSR count). The Balaban J connectivity index is 1.24. The number of nitrogens with zero attached hydrogens (tertiary/aromatic N) is 6. The average Bonchev–Trinajstić information content (AvgIpc) is 4.11. The number of imidazole rings is 2. The lowest BCUT2D eigenvalue weighted by Crippen LogP contribution is -2.57. The number of carbonyl (C=O) groups is 4. The Bertz CT molecular complexity index is 1810. The van der Waals surface area contributed by atoms with Crippen LogP contribution in [0.2, 0.25) is 0 Å². The summed E-state index contributed by atoms with van der Waals surface area (Å²) in [5, 5.41) is 15.0. The topological polar surface area (TPSA) is 157 Å². The third-order valence-electron chi connectivity index (χ3n) is 13.5. The molecular weight excluding hydrogens is 757 g/mol. The Hall–Kier alpha value is -4.62. The molecule has 0 unspecified atom stereocenters. The summed E-state index contributed by atoms with van der Waals surface area (Å²) in [6.07, 6.45) is 19.4. The fourth-order valence-corrected chi connectivity index (χ4v) is 9.86. The number of aliphatic hydroxyl groups excluding tert-OH is 1. The summed E-state index contributed by atoms with van der Waals surface area (Å²) < 4.78 is 2.00. The smallest absolute Gasteiger partial charge is 0.243 e. The molecule has 4 heterocycles. The fourth-order valence-electron chi connectivity index (χ4n) is 9.86. The van der Waals surface area contributed by atoms with Crippen LogP contribution in [0.1, 0.15) is 95.7 Å². The highest BCUT2D eigenvalue weighted by atomic mass is 16.3. The van der Waals surface area contributed by atoms with Gasteiger partial charge in [0.25, 0.3) is 0 Å². The second kappa shape index (κ2) is 21.8. The predicted octanol–water partition coefficient (Wildman–Crippen LogP) is 5.22. The average molecular weight is 825 g/mol. The van der Waals surface area contributed by atoms with Gasteiger partial charge >= 0.3 is 0 Å². The number of rotatable bonds is 21. The number of aromatic amines is 1. The maximum absolute atomic E-state index is 15.1. The Morgan fingerprint density at radius 2 is 1.72 bits per heavy atom. The molecule has 1 aliphatic carbocycles. The van der Waals surface area contributed by atoms with Crippen molar-refractivity contribution in [3.05, 3.63) is 85.5 Å². The number of benzene rings is 1. The van der Waals surface area contributed by atoms with E-state index in [1.165, 1.54) is 12.7 Å². The molecular formula is C47H68N8O5. The van der Waals surface area contributed by atoms with E-state index >= 15 is 4.79 Å². The van der Waals surface area contributed by atoms with E-state index in [4.69, 9.17) is 0 Å². The lowest BCUT2D eigenvalue weighted by atomic mass is 9.80. The molecule has 60 heavy (non-hydrogen) atoms. The number of hydrogen-bond acceptors (Lipinski definition) is 8. The van der Waals surface area contributed by atoms with E-state index in [1.807, 2.05) is 47.2 Å². The lowest BCUT2D eigenvalue weighted by Gasteiger charge is -2.38. The second-order valence-electron chi connectivity index (χ2n) is 17.9. The number of Topliss-reactive ketones (excluding diaryl/α,β-unsaturated/α-hetero) is 1. The minimum absolute atomic E-state index is 0.0469. The van der Waals surface area contributed by atoms with Crippen LogP contribution in [-0.2, 0) is 38.6 Å². The summed E-state index contributed by atoms with van der Waals surface area (Å²) in [5.74, 6) is -1.71. The van der Waals surface area contributed by atoms with Crippen LogP contribution in [0.3, 0.4) is 0 Å². The van der Waals surface area contributed by atoms with Crippen LogP contribution in [0.5, 0.6) is 0 Å². The molecule has 3 aromatic rings. The third kappa shape index (κ3) is 11.6. The molecule has 1 saturated carbocycles. The zero-order valence-electron chi connectivity index (χ0n) is 36.0. The van der Waals surface area contributed by atoms with Crippen LogP contribution in [0.15, 0.2) is 74.2 Å². The Labute approximate surface area is 356 Å². The zero-order chi connectivity index (χ0) is 42.6. The molecule has 3 aliphatic rings. The van der Waals surface area contributed by atoms with Gasteiger partial charge in [0.05, 0.1) is 36.9 Å². The minimum atomic E-state index is -1.17.